The lowest BCUT2D eigenvalue weighted by Gasteiger charge is -2.50. The van der Waals surface area contributed by atoms with Crippen LogP contribution in [0.1, 0.15) is 93.9 Å². The molecule has 0 radical (unpaired) electrons. The van der Waals surface area contributed by atoms with Gasteiger partial charge in [-0.2, -0.15) is 0 Å². The molecule has 0 spiro atoms. The maximum Gasteiger partial charge on any atom is 0.309 e. The van der Waals surface area contributed by atoms with Crippen LogP contribution in [0, 0.1) is 17.8 Å². The summed E-state index contributed by atoms with van der Waals surface area (Å²) >= 11 is 0. The third-order valence-electron chi connectivity index (χ3n) is 11.1. The first-order valence-electron chi connectivity index (χ1n) is 20.7. The number of hydrogen-bond donors (Lipinski definition) is 4. The monoisotopic (exact) mass is 828 g/mol. The molecule has 0 bridgehead atoms. The number of carbonyl (C=O) groups is 3. The van der Waals surface area contributed by atoms with E-state index in [2.05, 4.69) is 0 Å². The molecule has 0 aliphatic carbocycles. The average molecular weight is 829 g/mol. The molecule has 3 heterocycles. The van der Waals surface area contributed by atoms with Crippen LogP contribution in [0.5, 0.6) is 0 Å². The van der Waals surface area contributed by atoms with Crippen molar-refractivity contribution >= 4 is 17.9 Å². The lowest BCUT2D eigenvalue weighted by atomic mass is 9.82. The Hall–Kier alpha value is -2.51. The van der Waals surface area contributed by atoms with Crippen molar-refractivity contribution in [2.75, 3.05) is 27.7 Å². The van der Waals surface area contributed by atoms with Gasteiger partial charge in [0.05, 0.1) is 36.9 Å². The van der Waals surface area contributed by atoms with Crippen molar-refractivity contribution in [3.63, 3.8) is 0 Å². The van der Waals surface area contributed by atoms with Gasteiger partial charge < -0.3 is 63.8 Å². The number of aliphatic hydroxyl groups is 3. The minimum atomic E-state index is -1.48. The smallest absolute Gasteiger partial charge is 0.309 e. The van der Waals surface area contributed by atoms with Gasteiger partial charge in [0.15, 0.2) is 18.7 Å². The molecule has 2 fully saturated rings. The largest absolute Gasteiger partial charge is 0.462 e. The zero-order valence-electron chi connectivity index (χ0n) is 36.4. The summed E-state index contributed by atoms with van der Waals surface area (Å²) in [5.74, 6) is -2.36. The summed E-state index contributed by atoms with van der Waals surface area (Å²) < 4.78 is 48.9. The third-order valence-corrected chi connectivity index (χ3v) is 11.1. The molecule has 0 aromatic rings. The Morgan fingerprint density at radius 3 is 2.29 bits per heavy atom. The second-order valence-corrected chi connectivity index (χ2v) is 17.1. The minimum absolute atomic E-state index is 0.0248. The number of nitrogens with zero attached hydrogens (tertiary/aromatic N) is 1. The van der Waals surface area contributed by atoms with E-state index < -0.39 is 109 Å². The Balaban J connectivity index is 1.97. The highest BCUT2D eigenvalue weighted by atomic mass is 16.7. The maximum absolute atomic E-state index is 13.3. The molecule has 3 aliphatic rings. The molecule has 16 nitrogen and oxygen atoms in total. The van der Waals surface area contributed by atoms with Crippen molar-refractivity contribution in [1.82, 2.24) is 4.90 Å². The summed E-state index contributed by atoms with van der Waals surface area (Å²) in [4.78, 5) is 40.1. The van der Waals surface area contributed by atoms with E-state index in [0.29, 0.717) is 19.3 Å². The Bertz CT molecular complexity index is 1360. The predicted octanol–water partition coefficient (Wildman–Crippen LogP) is 2.77. The topological polar surface area (TPSA) is 215 Å². The van der Waals surface area contributed by atoms with E-state index in [1.54, 1.807) is 64.9 Å². The third kappa shape index (κ3) is 14.3. The lowest BCUT2D eigenvalue weighted by Crippen LogP contribution is -2.66. The first-order chi connectivity index (χ1) is 27.2. The number of cyclic esters (lactones) is 1. The molecule has 9 unspecified atom stereocenters. The standard InChI is InChI=1S/C42H72N2O14/c1-23(2)19-32(47)56-40-27(6)53-34(22-42(40,8)50)57-37-26(5)54-41(36(49)35(37)44(9)10)58-38-29(17-18-43)20-24(3)30(46)16-14-12-13-15-25(4)52-33(48)21-31(39(38)51-11)55-28(7)45/h12-14,16,23-27,29-31,34-41,46,49-50H,15,17-22,43H2,1-11H3/b13-12+,16-14+/t24-,25-,26?,27?,29+,30+,31-,34?,35?,36?,37?,38+,39+,40?,41?,42?/m1/s1. The first kappa shape index (κ1) is 49.8. The van der Waals surface area contributed by atoms with Crippen molar-refractivity contribution in [2.45, 2.75) is 179 Å². The number of hydrogen-bond acceptors (Lipinski definition) is 16. The molecule has 0 aromatic heterocycles. The molecule has 16 atom stereocenters. The maximum atomic E-state index is 13.3. The molecule has 0 amide bonds. The number of esters is 3. The van der Waals surface area contributed by atoms with Crippen LogP contribution in [0.3, 0.4) is 0 Å². The summed E-state index contributed by atoms with van der Waals surface area (Å²) in [6.07, 6.45) is -3.22. The van der Waals surface area contributed by atoms with Crippen molar-refractivity contribution in [1.29, 1.82) is 0 Å². The normalized spacial score (nSPS) is 40.8. The van der Waals surface area contributed by atoms with Crippen LogP contribution < -0.4 is 5.73 Å². The highest BCUT2D eigenvalue weighted by Crippen LogP contribution is 2.38. The van der Waals surface area contributed by atoms with Crippen molar-refractivity contribution in [2.24, 2.45) is 23.5 Å². The number of nitrogens with two attached hydrogens (primary N) is 1. The second-order valence-electron chi connectivity index (χ2n) is 17.1. The van der Waals surface area contributed by atoms with Crippen LogP contribution in [-0.2, 0) is 52.3 Å². The summed E-state index contributed by atoms with van der Waals surface area (Å²) in [6.45, 7) is 14.0. The Labute approximate surface area is 344 Å². The van der Waals surface area contributed by atoms with Gasteiger partial charge in [-0.3, -0.25) is 14.4 Å². The highest BCUT2D eigenvalue weighted by Gasteiger charge is 2.53. The minimum Gasteiger partial charge on any atom is -0.462 e. The molecule has 2 saturated heterocycles. The van der Waals surface area contributed by atoms with E-state index in [0.717, 1.165) is 0 Å². The van der Waals surface area contributed by atoms with Crippen molar-refractivity contribution < 1.29 is 67.6 Å². The highest BCUT2D eigenvalue weighted by molar-refractivity contribution is 5.72. The Morgan fingerprint density at radius 1 is 1.02 bits per heavy atom. The lowest BCUT2D eigenvalue weighted by molar-refractivity contribution is -0.344. The van der Waals surface area contributed by atoms with Gasteiger partial charge in [-0.1, -0.05) is 45.1 Å². The molecule has 0 aromatic carbocycles. The fraction of sp³-hybridized carbons (Fsp3) is 0.833. The van der Waals surface area contributed by atoms with Crippen LogP contribution in [-0.4, -0.2) is 151 Å². The van der Waals surface area contributed by atoms with Gasteiger partial charge in [-0.15, -0.1) is 0 Å². The molecule has 3 rings (SSSR count). The van der Waals surface area contributed by atoms with Gasteiger partial charge in [-0.05, 0) is 78.9 Å². The van der Waals surface area contributed by atoms with E-state index in [1.165, 1.54) is 14.0 Å². The summed E-state index contributed by atoms with van der Waals surface area (Å²) in [6, 6.07) is -0.737. The van der Waals surface area contributed by atoms with Gasteiger partial charge >= 0.3 is 17.9 Å². The molecular weight excluding hydrogens is 756 g/mol. The number of ether oxygens (including phenoxy) is 8. The fourth-order valence-corrected chi connectivity index (χ4v) is 8.22. The predicted molar refractivity (Wildman–Crippen MR) is 213 cm³/mol. The van der Waals surface area contributed by atoms with Crippen LogP contribution >= 0.6 is 0 Å². The van der Waals surface area contributed by atoms with E-state index in [-0.39, 0.29) is 37.6 Å². The van der Waals surface area contributed by atoms with Gasteiger partial charge in [0.25, 0.3) is 0 Å². The van der Waals surface area contributed by atoms with Crippen LogP contribution in [0.15, 0.2) is 24.3 Å². The first-order valence-corrected chi connectivity index (χ1v) is 20.7. The van der Waals surface area contributed by atoms with E-state index in [9.17, 15) is 29.7 Å². The number of aliphatic hydroxyl groups excluding tert-OH is 2. The van der Waals surface area contributed by atoms with Crippen LogP contribution in [0.4, 0.5) is 0 Å². The molecular formula is C42H72N2O14. The average Bonchev–Trinajstić information content (AvgIpc) is 3.09. The van der Waals surface area contributed by atoms with E-state index >= 15 is 0 Å². The molecule has 334 valence electrons. The quantitative estimate of drug-likeness (QED) is 0.164. The van der Waals surface area contributed by atoms with Crippen molar-refractivity contribution in [3.05, 3.63) is 24.3 Å². The molecule has 16 heteroatoms. The molecule has 3 aliphatic heterocycles. The number of rotatable bonds is 12. The molecule has 5 N–H and O–H groups in total. The Kier molecular flexibility index (Phi) is 19.7. The summed E-state index contributed by atoms with van der Waals surface area (Å²) in [7, 11) is 4.97. The zero-order chi connectivity index (χ0) is 43.5. The van der Waals surface area contributed by atoms with Gasteiger partial charge in [-0.25, -0.2) is 0 Å². The van der Waals surface area contributed by atoms with Crippen LogP contribution in [0.2, 0.25) is 0 Å². The van der Waals surface area contributed by atoms with Crippen LogP contribution in [0.25, 0.3) is 0 Å². The molecule has 58 heavy (non-hydrogen) atoms. The fourth-order valence-electron chi connectivity index (χ4n) is 8.22. The van der Waals surface area contributed by atoms with Gasteiger partial charge in [0.1, 0.15) is 36.1 Å². The second kappa shape index (κ2) is 22.9. The molecule has 0 saturated carbocycles. The van der Waals surface area contributed by atoms with Gasteiger partial charge in [0.2, 0.25) is 0 Å². The zero-order valence-corrected chi connectivity index (χ0v) is 36.4. The van der Waals surface area contributed by atoms with Crippen molar-refractivity contribution in [3.8, 4) is 0 Å². The van der Waals surface area contributed by atoms with Gasteiger partial charge in [0, 0.05) is 33.3 Å². The Morgan fingerprint density at radius 2 is 1.71 bits per heavy atom. The summed E-state index contributed by atoms with van der Waals surface area (Å²) in [5.41, 5.74) is 4.69. The van der Waals surface area contributed by atoms with E-state index in [1.807, 2.05) is 26.8 Å². The number of carbonyl (C=O) groups excluding carboxylic acids is 3. The van der Waals surface area contributed by atoms with E-state index in [4.69, 9.17) is 43.6 Å². The SMILES string of the molecule is CO[C@@H]1[C@@H](OC2OC(C)C(OC3CC(C)(O)C(OC(=O)CC(C)C)C(C)O3)C(N(C)C)C2O)[C@@H](CCN)C[C@@H](C)[C@@H](O)/C=C/C=C/C[C@@H](C)OC(=O)C[C@H]1OC(C)=O. The number of allylic oxidation sites excluding steroid dienone is 2. The number of methoxy groups -OCH3 is 1. The number of likely N-dealkylation sites (N-methyl/N-ethyl adjacent to an activating group) is 1. The summed E-state index contributed by atoms with van der Waals surface area (Å²) in [5, 5.41) is 34.7.